The van der Waals surface area contributed by atoms with Gasteiger partial charge in [-0.15, -0.1) is 0 Å². The van der Waals surface area contributed by atoms with E-state index in [9.17, 15) is 0 Å². The summed E-state index contributed by atoms with van der Waals surface area (Å²) in [5.41, 5.74) is 5.43. The first kappa shape index (κ1) is 12.8. The van der Waals surface area contributed by atoms with Crippen molar-refractivity contribution in [2.45, 2.75) is 25.3 Å². The van der Waals surface area contributed by atoms with Gasteiger partial charge in [-0.2, -0.15) is 0 Å². The Morgan fingerprint density at radius 3 is 2.59 bits per heavy atom. The molecule has 0 spiro atoms. The Bertz CT molecular complexity index is 249. The van der Waals surface area contributed by atoms with Gasteiger partial charge in [-0.3, -0.25) is 15.2 Å². The molecule has 5 heteroatoms. The van der Waals surface area contributed by atoms with Crippen LogP contribution in [0.15, 0.2) is 0 Å². The van der Waals surface area contributed by atoms with Gasteiger partial charge in [0.15, 0.2) is 0 Å². The molecule has 1 aliphatic heterocycles. The first-order chi connectivity index (χ1) is 8.25. The van der Waals surface area contributed by atoms with Crippen molar-refractivity contribution in [2.24, 2.45) is 5.73 Å². The highest BCUT2D eigenvalue weighted by molar-refractivity contribution is 5.76. The summed E-state index contributed by atoms with van der Waals surface area (Å²) in [7, 11) is 0. The lowest BCUT2D eigenvalue weighted by molar-refractivity contribution is 0.0330. The predicted molar refractivity (Wildman–Crippen MR) is 68.4 cm³/mol. The van der Waals surface area contributed by atoms with Crippen LogP contribution in [0, 0.1) is 5.41 Å². The van der Waals surface area contributed by atoms with Gasteiger partial charge in [0.2, 0.25) is 0 Å². The molecule has 2 rings (SSSR count). The van der Waals surface area contributed by atoms with E-state index >= 15 is 0 Å². The highest BCUT2D eigenvalue weighted by Gasteiger charge is 2.28. The van der Waals surface area contributed by atoms with E-state index < -0.39 is 0 Å². The number of nitrogens with one attached hydrogen (secondary N) is 1. The number of ether oxygens (including phenoxy) is 1. The van der Waals surface area contributed by atoms with Gasteiger partial charge in [0.25, 0.3) is 0 Å². The van der Waals surface area contributed by atoms with E-state index in [-0.39, 0.29) is 0 Å². The Kier molecular flexibility index (Phi) is 4.76. The van der Waals surface area contributed by atoms with Crippen molar-refractivity contribution in [2.75, 3.05) is 45.9 Å². The Morgan fingerprint density at radius 2 is 2.00 bits per heavy atom. The second-order valence-electron chi connectivity index (χ2n) is 5.00. The Morgan fingerprint density at radius 1 is 1.29 bits per heavy atom. The number of hydrogen-bond acceptors (Lipinski definition) is 4. The molecule has 3 N–H and O–H groups in total. The molecule has 0 amide bonds. The highest BCUT2D eigenvalue weighted by atomic mass is 16.5. The van der Waals surface area contributed by atoms with E-state index in [1.54, 1.807) is 0 Å². The molecular weight excluding hydrogens is 216 g/mol. The van der Waals surface area contributed by atoms with E-state index in [1.807, 2.05) is 0 Å². The Labute approximate surface area is 103 Å². The molecular formula is C12H24N4O. The second-order valence-corrected chi connectivity index (χ2v) is 5.00. The molecule has 1 saturated heterocycles. The molecule has 1 saturated carbocycles. The second kappa shape index (κ2) is 6.33. The van der Waals surface area contributed by atoms with Gasteiger partial charge in [-0.25, -0.2) is 0 Å². The lowest BCUT2D eigenvalue weighted by Crippen LogP contribution is -2.42. The normalized spacial score (nSPS) is 21.9. The van der Waals surface area contributed by atoms with Gasteiger partial charge in [0.1, 0.15) is 0 Å². The van der Waals surface area contributed by atoms with E-state index in [4.69, 9.17) is 15.9 Å². The molecule has 1 aliphatic carbocycles. The molecule has 0 aromatic carbocycles. The van der Waals surface area contributed by atoms with Gasteiger partial charge < -0.3 is 10.5 Å². The summed E-state index contributed by atoms with van der Waals surface area (Å²) >= 11 is 0. The maximum absolute atomic E-state index is 7.30. The zero-order chi connectivity index (χ0) is 12.1. The minimum absolute atomic E-state index is 0.307. The van der Waals surface area contributed by atoms with Gasteiger partial charge in [0.05, 0.1) is 19.0 Å². The standard InChI is InChI=1S/C12H24N4O/c13-12(14)3-4-16(11-1-2-11)6-5-15-7-9-17-10-8-15/h11H,1-10H2,(H3,13,14). The first-order valence-electron chi connectivity index (χ1n) is 6.63. The van der Waals surface area contributed by atoms with Crippen LogP contribution in [0.1, 0.15) is 19.3 Å². The minimum Gasteiger partial charge on any atom is -0.388 e. The number of nitrogens with two attached hydrogens (primary N) is 1. The average Bonchev–Trinajstić information content (AvgIpc) is 3.14. The van der Waals surface area contributed by atoms with Crippen LogP contribution in [-0.4, -0.2) is 67.6 Å². The smallest absolute Gasteiger partial charge is 0.0918 e. The molecule has 0 unspecified atom stereocenters. The van der Waals surface area contributed by atoms with E-state index in [2.05, 4.69) is 9.80 Å². The van der Waals surface area contributed by atoms with E-state index in [0.717, 1.165) is 52.0 Å². The maximum atomic E-state index is 7.30. The number of amidine groups is 1. The fraction of sp³-hybridized carbons (Fsp3) is 0.917. The van der Waals surface area contributed by atoms with Crippen molar-refractivity contribution in [3.05, 3.63) is 0 Å². The van der Waals surface area contributed by atoms with Crippen molar-refractivity contribution in [3.63, 3.8) is 0 Å². The van der Waals surface area contributed by atoms with Gasteiger partial charge >= 0.3 is 0 Å². The SMILES string of the molecule is N=C(N)CCN(CCN1CCOCC1)C1CC1. The highest BCUT2D eigenvalue weighted by Crippen LogP contribution is 2.26. The van der Waals surface area contributed by atoms with E-state index in [0.29, 0.717) is 12.3 Å². The van der Waals surface area contributed by atoms with Crippen LogP contribution in [-0.2, 0) is 4.74 Å². The summed E-state index contributed by atoms with van der Waals surface area (Å²) in [5, 5.41) is 7.30. The number of morpholine rings is 1. The lowest BCUT2D eigenvalue weighted by Gasteiger charge is -2.30. The fourth-order valence-electron chi connectivity index (χ4n) is 2.28. The molecule has 17 heavy (non-hydrogen) atoms. The quantitative estimate of drug-likeness (QED) is 0.489. The Balaban J connectivity index is 1.67. The van der Waals surface area contributed by atoms with Gasteiger partial charge in [0, 0.05) is 45.2 Å². The van der Waals surface area contributed by atoms with Crippen LogP contribution in [0.5, 0.6) is 0 Å². The molecule has 2 aliphatic rings. The predicted octanol–water partition coefficient (Wildman–Crippen LogP) is 0.109. The van der Waals surface area contributed by atoms with Crippen molar-refractivity contribution < 1.29 is 4.74 Å². The van der Waals surface area contributed by atoms with Crippen LogP contribution >= 0.6 is 0 Å². The average molecular weight is 240 g/mol. The summed E-state index contributed by atoms with van der Waals surface area (Å²) in [6, 6.07) is 0.760. The summed E-state index contributed by atoms with van der Waals surface area (Å²) in [5.74, 6) is 0.307. The van der Waals surface area contributed by atoms with Crippen molar-refractivity contribution in [1.29, 1.82) is 5.41 Å². The summed E-state index contributed by atoms with van der Waals surface area (Å²) in [6.07, 6.45) is 3.35. The summed E-state index contributed by atoms with van der Waals surface area (Å²) < 4.78 is 5.35. The summed E-state index contributed by atoms with van der Waals surface area (Å²) in [6.45, 7) is 7.05. The lowest BCUT2D eigenvalue weighted by atomic mass is 10.3. The van der Waals surface area contributed by atoms with Crippen LogP contribution in [0.4, 0.5) is 0 Å². The molecule has 98 valence electrons. The first-order valence-corrected chi connectivity index (χ1v) is 6.63. The van der Waals surface area contributed by atoms with Crippen LogP contribution in [0.2, 0.25) is 0 Å². The molecule has 2 fully saturated rings. The number of rotatable bonds is 7. The molecule has 1 heterocycles. The monoisotopic (exact) mass is 240 g/mol. The molecule has 0 radical (unpaired) electrons. The number of hydrogen-bond donors (Lipinski definition) is 2. The maximum Gasteiger partial charge on any atom is 0.0918 e. The van der Waals surface area contributed by atoms with Crippen LogP contribution < -0.4 is 5.73 Å². The largest absolute Gasteiger partial charge is 0.388 e. The van der Waals surface area contributed by atoms with Crippen molar-refractivity contribution in [3.8, 4) is 0 Å². The van der Waals surface area contributed by atoms with E-state index in [1.165, 1.54) is 12.8 Å². The number of nitrogens with zero attached hydrogens (tertiary/aromatic N) is 2. The third kappa shape index (κ3) is 4.61. The molecule has 0 atom stereocenters. The van der Waals surface area contributed by atoms with Gasteiger partial charge in [-0.05, 0) is 12.8 Å². The summed E-state index contributed by atoms with van der Waals surface area (Å²) in [4.78, 5) is 4.96. The molecule has 0 aromatic heterocycles. The topological polar surface area (TPSA) is 65.6 Å². The van der Waals surface area contributed by atoms with Crippen molar-refractivity contribution >= 4 is 5.84 Å². The third-order valence-electron chi connectivity index (χ3n) is 3.54. The Hall–Kier alpha value is -0.650. The van der Waals surface area contributed by atoms with Crippen LogP contribution in [0.3, 0.4) is 0 Å². The minimum atomic E-state index is 0.307. The zero-order valence-electron chi connectivity index (χ0n) is 10.5. The zero-order valence-corrected chi connectivity index (χ0v) is 10.5. The van der Waals surface area contributed by atoms with Crippen molar-refractivity contribution in [1.82, 2.24) is 9.80 Å². The third-order valence-corrected chi connectivity index (χ3v) is 3.54. The van der Waals surface area contributed by atoms with Crippen LogP contribution in [0.25, 0.3) is 0 Å². The van der Waals surface area contributed by atoms with Gasteiger partial charge in [-0.1, -0.05) is 0 Å². The molecule has 5 nitrogen and oxygen atoms in total. The molecule has 0 bridgehead atoms. The fourth-order valence-corrected chi connectivity index (χ4v) is 2.28. The molecule has 0 aromatic rings.